The molecule has 1 aromatic carbocycles. The molecule has 1 aliphatic rings. The van der Waals surface area contributed by atoms with Gasteiger partial charge in [0.15, 0.2) is 6.10 Å². The molecule has 0 radical (unpaired) electrons. The maximum atomic E-state index is 12.4. The van der Waals surface area contributed by atoms with Crippen LogP contribution in [0.25, 0.3) is 0 Å². The summed E-state index contributed by atoms with van der Waals surface area (Å²) in [5, 5.41) is 3.73. The monoisotopic (exact) mass is 310 g/mol. The topological polar surface area (TPSA) is 41.6 Å². The number of carbonyl (C=O) groups excluding carboxylic acids is 1. The third kappa shape index (κ3) is 4.35. The summed E-state index contributed by atoms with van der Waals surface area (Å²) in [4.78, 5) is 14.3. The maximum Gasteiger partial charge on any atom is 0.263 e. The minimum Gasteiger partial charge on any atom is -0.479 e. The molecule has 0 bridgehead atoms. The van der Waals surface area contributed by atoms with E-state index in [1.54, 1.807) is 19.1 Å². The van der Waals surface area contributed by atoms with Crippen molar-refractivity contribution < 1.29 is 9.53 Å². The lowest BCUT2D eigenvalue weighted by molar-refractivity contribution is -0.139. The van der Waals surface area contributed by atoms with Crippen LogP contribution in [0.4, 0.5) is 0 Å². The minimum absolute atomic E-state index is 0.0397. The van der Waals surface area contributed by atoms with Crippen LogP contribution >= 0.6 is 11.6 Å². The van der Waals surface area contributed by atoms with Gasteiger partial charge < -0.3 is 15.0 Å². The number of nitrogens with one attached hydrogen (secondary N) is 1. The van der Waals surface area contributed by atoms with Crippen LogP contribution in [0.5, 0.6) is 5.75 Å². The largest absolute Gasteiger partial charge is 0.479 e. The van der Waals surface area contributed by atoms with Crippen molar-refractivity contribution in [2.24, 2.45) is 5.92 Å². The van der Waals surface area contributed by atoms with Crippen molar-refractivity contribution >= 4 is 17.5 Å². The number of para-hydroxylation sites is 1. The highest BCUT2D eigenvalue weighted by molar-refractivity contribution is 6.32. The van der Waals surface area contributed by atoms with Gasteiger partial charge in [-0.05, 0) is 51.4 Å². The van der Waals surface area contributed by atoms with Gasteiger partial charge >= 0.3 is 0 Å². The van der Waals surface area contributed by atoms with Crippen LogP contribution in [0.1, 0.15) is 19.8 Å². The molecule has 1 unspecified atom stereocenters. The summed E-state index contributed by atoms with van der Waals surface area (Å²) in [5.74, 6) is 1.27. The Kier molecular flexibility index (Phi) is 5.88. The minimum atomic E-state index is -0.509. The van der Waals surface area contributed by atoms with Gasteiger partial charge in [-0.2, -0.15) is 0 Å². The number of nitrogens with zero attached hydrogens (tertiary/aromatic N) is 1. The van der Waals surface area contributed by atoms with Crippen molar-refractivity contribution in [1.29, 1.82) is 0 Å². The number of hydrogen-bond acceptors (Lipinski definition) is 3. The van der Waals surface area contributed by atoms with E-state index in [9.17, 15) is 4.79 Å². The smallest absolute Gasteiger partial charge is 0.263 e. The number of rotatable bonds is 5. The van der Waals surface area contributed by atoms with Gasteiger partial charge in [0.1, 0.15) is 5.75 Å². The van der Waals surface area contributed by atoms with Crippen molar-refractivity contribution in [3.05, 3.63) is 29.3 Å². The van der Waals surface area contributed by atoms with Crippen LogP contribution in [0.2, 0.25) is 5.02 Å². The van der Waals surface area contributed by atoms with E-state index in [1.807, 2.05) is 24.1 Å². The van der Waals surface area contributed by atoms with E-state index < -0.39 is 6.10 Å². The quantitative estimate of drug-likeness (QED) is 0.909. The highest BCUT2D eigenvalue weighted by Gasteiger charge is 2.27. The van der Waals surface area contributed by atoms with E-state index in [0.717, 1.165) is 32.5 Å². The van der Waals surface area contributed by atoms with E-state index in [-0.39, 0.29) is 5.91 Å². The first-order valence-corrected chi connectivity index (χ1v) is 7.84. The average molecular weight is 311 g/mol. The molecule has 4 nitrogen and oxygen atoms in total. The summed E-state index contributed by atoms with van der Waals surface area (Å²) in [5.41, 5.74) is 0. The third-order valence-electron chi connectivity index (χ3n) is 3.91. The van der Waals surface area contributed by atoms with Gasteiger partial charge in [0.05, 0.1) is 5.02 Å². The Morgan fingerprint density at radius 1 is 1.43 bits per heavy atom. The molecular weight excluding hydrogens is 288 g/mol. The van der Waals surface area contributed by atoms with Gasteiger partial charge in [0.25, 0.3) is 5.91 Å². The Morgan fingerprint density at radius 2 is 2.10 bits per heavy atom. The van der Waals surface area contributed by atoms with Crippen LogP contribution in [-0.2, 0) is 4.79 Å². The number of hydrogen-bond donors (Lipinski definition) is 1. The lowest BCUT2D eigenvalue weighted by Crippen LogP contribution is -2.45. The van der Waals surface area contributed by atoms with Crippen molar-refractivity contribution in [1.82, 2.24) is 10.2 Å². The number of likely N-dealkylation sites (tertiary alicyclic amines) is 1. The fourth-order valence-electron chi connectivity index (χ4n) is 2.68. The molecule has 1 fully saturated rings. The Labute approximate surface area is 131 Å². The van der Waals surface area contributed by atoms with Gasteiger partial charge in [-0.25, -0.2) is 0 Å². The molecule has 1 heterocycles. The maximum absolute atomic E-state index is 12.4. The van der Waals surface area contributed by atoms with E-state index in [0.29, 0.717) is 16.7 Å². The molecule has 116 valence electrons. The second-order valence-electron chi connectivity index (χ2n) is 5.52. The van der Waals surface area contributed by atoms with Crippen LogP contribution in [0, 0.1) is 5.92 Å². The molecule has 1 aliphatic heterocycles. The summed E-state index contributed by atoms with van der Waals surface area (Å²) >= 11 is 6.06. The molecule has 5 heteroatoms. The summed E-state index contributed by atoms with van der Waals surface area (Å²) in [7, 11) is 1.97. The molecule has 0 aliphatic carbocycles. The van der Waals surface area contributed by atoms with Crippen LogP contribution in [0.15, 0.2) is 24.3 Å². The van der Waals surface area contributed by atoms with Gasteiger partial charge in [-0.15, -0.1) is 0 Å². The van der Waals surface area contributed by atoms with Crippen LogP contribution < -0.4 is 10.1 Å². The fourth-order valence-corrected chi connectivity index (χ4v) is 2.86. The lowest BCUT2D eigenvalue weighted by Gasteiger charge is -2.33. The second kappa shape index (κ2) is 7.66. The van der Waals surface area contributed by atoms with Crippen molar-refractivity contribution in [3.63, 3.8) is 0 Å². The summed E-state index contributed by atoms with van der Waals surface area (Å²) in [6.07, 6.45) is 1.59. The van der Waals surface area contributed by atoms with Gasteiger partial charge in [-0.3, -0.25) is 4.79 Å². The molecule has 2 rings (SSSR count). The highest BCUT2D eigenvalue weighted by Crippen LogP contribution is 2.25. The zero-order valence-electron chi connectivity index (χ0n) is 12.6. The highest BCUT2D eigenvalue weighted by atomic mass is 35.5. The molecule has 1 atom stereocenters. The van der Waals surface area contributed by atoms with Crippen LogP contribution in [-0.4, -0.2) is 43.6 Å². The van der Waals surface area contributed by atoms with E-state index in [2.05, 4.69) is 5.32 Å². The second-order valence-corrected chi connectivity index (χ2v) is 5.92. The molecular formula is C16H23ClN2O2. The zero-order valence-corrected chi connectivity index (χ0v) is 13.4. The molecule has 1 aromatic rings. The predicted molar refractivity (Wildman–Crippen MR) is 84.8 cm³/mol. The molecule has 0 aromatic heterocycles. The normalized spacial score (nSPS) is 17.6. The first-order valence-electron chi connectivity index (χ1n) is 7.46. The van der Waals surface area contributed by atoms with Gasteiger partial charge in [0.2, 0.25) is 0 Å². The zero-order chi connectivity index (χ0) is 15.2. The van der Waals surface area contributed by atoms with E-state index in [4.69, 9.17) is 16.3 Å². The Hall–Kier alpha value is -1.26. The molecule has 1 amide bonds. The number of amides is 1. The summed E-state index contributed by atoms with van der Waals surface area (Å²) in [6.45, 7) is 4.42. The van der Waals surface area contributed by atoms with E-state index in [1.165, 1.54) is 0 Å². The lowest BCUT2D eigenvalue weighted by atomic mass is 9.96. The Morgan fingerprint density at radius 3 is 2.71 bits per heavy atom. The standard InChI is InChI=1S/C16H23ClN2O2/c1-12(21-15-6-4-3-5-14(15)17)16(20)19-9-7-13(8-10-19)11-18-2/h3-6,12-13,18H,7-11H2,1-2H3. The number of carbonyl (C=O) groups is 1. The average Bonchev–Trinajstić information content (AvgIpc) is 2.50. The fraction of sp³-hybridized carbons (Fsp3) is 0.562. The third-order valence-corrected chi connectivity index (χ3v) is 4.22. The molecule has 21 heavy (non-hydrogen) atoms. The molecule has 1 N–H and O–H groups in total. The molecule has 1 saturated heterocycles. The Bertz CT molecular complexity index is 473. The van der Waals surface area contributed by atoms with Crippen molar-refractivity contribution in [2.45, 2.75) is 25.9 Å². The van der Waals surface area contributed by atoms with E-state index >= 15 is 0 Å². The van der Waals surface area contributed by atoms with Gasteiger partial charge in [-0.1, -0.05) is 23.7 Å². The predicted octanol–water partition coefficient (Wildman–Crippen LogP) is 2.57. The van der Waals surface area contributed by atoms with Crippen molar-refractivity contribution in [3.8, 4) is 5.75 Å². The van der Waals surface area contributed by atoms with Crippen molar-refractivity contribution in [2.75, 3.05) is 26.7 Å². The molecule has 0 saturated carbocycles. The first kappa shape index (κ1) is 16.1. The number of halogens is 1. The molecule has 0 spiro atoms. The number of ether oxygens (including phenoxy) is 1. The first-order chi connectivity index (χ1) is 10.1. The van der Waals surface area contributed by atoms with Crippen LogP contribution in [0.3, 0.4) is 0 Å². The summed E-state index contributed by atoms with van der Waals surface area (Å²) in [6, 6.07) is 7.23. The van der Waals surface area contributed by atoms with Gasteiger partial charge in [0, 0.05) is 13.1 Å². The summed E-state index contributed by atoms with van der Waals surface area (Å²) < 4.78 is 5.70. The number of piperidine rings is 1. The Balaban J connectivity index is 1.87. The SMILES string of the molecule is CNCC1CCN(C(=O)C(C)Oc2ccccc2Cl)CC1. The number of benzene rings is 1.